The molecule has 2 aliphatic heterocycles. The molecule has 154 valence electrons. The molecule has 0 bridgehead atoms. The maximum atomic E-state index is 13.3. The van der Waals surface area contributed by atoms with E-state index in [1.807, 2.05) is 54.6 Å². The number of amides is 2. The van der Waals surface area contributed by atoms with Gasteiger partial charge in [0.2, 0.25) is 5.91 Å². The zero-order chi connectivity index (χ0) is 20.9. The number of ether oxygens (including phenoxy) is 1. The largest absolute Gasteiger partial charge is 0.385 e. The molecular weight excluding hydrogens is 400 g/mol. The third-order valence-electron chi connectivity index (χ3n) is 4.76. The van der Waals surface area contributed by atoms with E-state index >= 15 is 0 Å². The number of rotatable bonds is 7. The van der Waals surface area contributed by atoms with E-state index in [9.17, 15) is 9.59 Å². The second kappa shape index (κ2) is 9.23. The number of nitrogens with zero attached hydrogens (tertiary/aromatic N) is 3. The van der Waals surface area contributed by atoms with E-state index in [0.29, 0.717) is 24.2 Å². The summed E-state index contributed by atoms with van der Waals surface area (Å²) in [5.74, 6) is 0.489. The van der Waals surface area contributed by atoms with Crippen molar-refractivity contribution in [2.45, 2.75) is 12.5 Å². The minimum Gasteiger partial charge on any atom is -0.385 e. The molecule has 0 aromatic heterocycles. The molecule has 0 aliphatic carbocycles. The first kappa shape index (κ1) is 20.3. The second-order valence-corrected chi connectivity index (χ2v) is 7.78. The van der Waals surface area contributed by atoms with Crippen LogP contribution in [0.1, 0.15) is 23.6 Å². The molecule has 2 aromatic carbocycles. The molecule has 2 amide bonds. The lowest BCUT2D eigenvalue weighted by Gasteiger charge is -2.25. The fraction of sp³-hybridized carbons (Fsp3) is 0.273. The van der Waals surface area contributed by atoms with Crippen LogP contribution in [0.4, 0.5) is 5.69 Å². The van der Waals surface area contributed by atoms with Crippen molar-refractivity contribution in [3.63, 3.8) is 0 Å². The lowest BCUT2D eigenvalue weighted by molar-refractivity contribution is -0.124. The quantitative estimate of drug-likeness (QED) is 0.696. The highest BCUT2D eigenvalue weighted by Gasteiger charge is 2.42. The van der Waals surface area contributed by atoms with Crippen LogP contribution in [0.5, 0.6) is 0 Å². The van der Waals surface area contributed by atoms with Crippen molar-refractivity contribution in [1.29, 1.82) is 0 Å². The van der Waals surface area contributed by atoms with Gasteiger partial charge in [-0.3, -0.25) is 9.59 Å². The minimum absolute atomic E-state index is 0.109. The highest BCUT2D eigenvalue weighted by molar-refractivity contribution is 8.14. The summed E-state index contributed by atoms with van der Waals surface area (Å²) in [5, 5.41) is 3.33. The first-order valence-electron chi connectivity index (χ1n) is 9.72. The molecule has 2 aliphatic rings. The first-order valence-corrected chi connectivity index (χ1v) is 10.7. The van der Waals surface area contributed by atoms with E-state index in [4.69, 9.17) is 9.73 Å². The average Bonchev–Trinajstić information content (AvgIpc) is 3.13. The Morgan fingerprint density at radius 1 is 1.17 bits per heavy atom. The summed E-state index contributed by atoms with van der Waals surface area (Å²) in [6, 6.07) is 16.5. The molecule has 0 fully saturated rings. The van der Waals surface area contributed by atoms with Crippen LogP contribution >= 0.6 is 11.8 Å². The van der Waals surface area contributed by atoms with Crippen molar-refractivity contribution in [2.24, 2.45) is 9.98 Å². The number of aliphatic imine (C=N–C) groups is 2. The van der Waals surface area contributed by atoms with Gasteiger partial charge in [0.15, 0.2) is 11.2 Å². The maximum Gasteiger partial charge on any atom is 0.263 e. The first-order chi connectivity index (χ1) is 14.7. The van der Waals surface area contributed by atoms with Gasteiger partial charge in [-0.2, -0.15) is 0 Å². The molecule has 30 heavy (non-hydrogen) atoms. The normalized spacial score (nSPS) is 17.2. The fourth-order valence-electron chi connectivity index (χ4n) is 3.32. The summed E-state index contributed by atoms with van der Waals surface area (Å²) in [6.45, 7) is 1.15. The zero-order valence-corrected chi connectivity index (χ0v) is 17.4. The number of benzene rings is 2. The van der Waals surface area contributed by atoms with Crippen LogP contribution in [0, 0.1) is 0 Å². The summed E-state index contributed by atoms with van der Waals surface area (Å²) in [4.78, 5) is 36.4. The van der Waals surface area contributed by atoms with Crippen LogP contribution in [-0.2, 0) is 14.3 Å². The van der Waals surface area contributed by atoms with E-state index in [1.165, 1.54) is 11.8 Å². The number of thioether (sulfide) groups is 1. The molecule has 7 nitrogen and oxygen atoms in total. The monoisotopic (exact) mass is 422 g/mol. The number of hydrogen-bond donors (Lipinski definition) is 1. The Labute approximate surface area is 179 Å². The summed E-state index contributed by atoms with van der Waals surface area (Å²) in [7, 11) is 1.63. The molecule has 2 heterocycles. The number of hydrogen-bond acceptors (Lipinski definition) is 6. The van der Waals surface area contributed by atoms with E-state index in [1.54, 1.807) is 12.0 Å². The van der Waals surface area contributed by atoms with Gasteiger partial charge in [0, 0.05) is 25.8 Å². The summed E-state index contributed by atoms with van der Waals surface area (Å²) in [5.41, 5.74) is 2.40. The van der Waals surface area contributed by atoms with Crippen LogP contribution in [0.3, 0.4) is 0 Å². The minimum atomic E-state index is -0.610. The Morgan fingerprint density at radius 2 is 1.93 bits per heavy atom. The Kier molecular flexibility index (Phi) is 6.25. The number of fused-ring (bicyclic) bond motifs is 3. The van der Waals surface area contributed by atoms with Crippen LogP contribution < -0.4 is 5.32 Å². The number of amidine groups is 2. The molecule has 0 saturated heterocycles. The van der Waals surface area contributed by atoms with Crippen molar-refractivity contribution in [1.82, 2.24) is 10.2 Å². The second-order valence-electron chi connectivity index (χ2n) is 6.84. The smallest absolute Gasteiger partial charge is 0.263 e. The molecule has 1 N–H and O–H groups in total. The zero-order valence-electron chi connectivity index (χ0n) is 16.6. The maximum absolute atomic E-state index is 13.3. The molecule has 8 heteroatoms. The van der Waals surface area contributed by atoms with Crippen molar-refractivity contribution in [3.05, 3.63) is 65.7 Å². The summed E-state index contributed by atoms with van der Waals surface area (Å²) >= 11 is 1.24. The van der Waals surface area contributed by atoms with Gasteiger partial charge in [-0.25, -0.2) is 14.9 Å². The van der Waals surface area contributed by atoms with Crippen molar-refractivity contribution in [3.8, 4) is 0 Å². The predicted molar refractivity (Wildman–Crippen MR) is 118 cm³/mol. The fourth-order valence-corrected chi connectivity index (χ4v) is 4.16. The predicted octanol–water partition coefficient (Wildman–Crippen LogP) is 2.90. The number of carbonyl (C=O) groups is 2. The lowest BCUT2D eigenvalue weighted by atomic mass is 10.1. The molecule has 0 radical (unpaired) electrons. The standard InChI is InChI=1S/C22H22N4O3S/c1-29-13-7-12-23-18(27)14-30-22-24-17-11-6-5-10-16(17)20-25-19(21(28)26(20)22)15-8-3-2-4-9-15/h2-6,8-11,19H,7,12-14H2,1H3,(H,23,27)/t19-/m1/s1. The molecule has 4 rings (SSSR count). The van der Waals surface area contributed by atoms with Crippen molar-refractivity contribution < 1.29 is 14.3 Å². The topological polar surface area (TPSA) is 83.4 Å². The number of carbonyl (C=O) groups excluding carboxylic acids is 2. The van der Waals surface area contributed by atoms with E-state index in [-0.39, 0.29) is 17.6 Å². The highest BCUT2D eigenvalue weighted by atomic mass is 32.2. The number of nitrogens with one attached hydrogen (secondary N) is 1. The third kappa shape index (κ3) is 4.15. The van der Waals surface area contributed by atoms with Gasteiger partial charge < -0.3 is 10.1 Å². The van der Waals surface area contributed by atoms with Crippen LogP contribution in [0.15, 0.2) is 64.6 Å². The van der Waals surface area contributed by atoms with E-state index in [0.717, 1.165) is 23.2 Å². The molecule has 2 aromatic rings. The molecular formula is C22H22N4O3S. The Morgan fingerprint density at radius 3 is 2.73 bits per heavy atom. The van der Waals surface area contributed by atoms with Gasteiger partial charge in [0.25, 0.3) is 5.91 Å². The van der Waals surface area contributed by atoms with Gasteiger partial charge in [-0.15, -0.1) is 0 Å². The molecule has 0 unspecified atom stereocenters. The summed E-state index contributed by atoms with van der Waals surface area (Å²) < 4.78 is 4.98. The number of para-hydroxylation sites is 1. The van der Waals surface area contributed by atoms with E-state index in [2.05, 4.69) is 10.3 Å². The van der Waals surface area contributed by atoms with Gasteiger partial charge in [0.1, 0.15) is 5.84 Å². The van der Waals surface area contributed by atoms with Gasteiger partial charge in [-0.05, 0) is 24.1 Å². The van der Waals surface area contributed by atoms with Crippen LogP contribution in [-0.4, -0.2) is 53.7 Å². The van der Waals surface area contributed by atoms with Crippen molar-refractivity contribution >= 4 is 40.3 Å². The SMILES string of the molecule is COCCCNC(=O)CSC1=Nc2ccccc2C2=N[C@H](c3ccccc3)C(=O)N12. The molecule has 1 atom stereocenters. The van der Waals surface area contributed by atoms with Crippen molar-refractivity contribution in [2.75, 3.05) is 26.0 Å². The van der Waals surface area contributed by atoms with Gasteiger partial charge >= 0.3 is 0 Å². The Hall–Kier alpha value is -2.97. The van der Waals surface area contributed by atoms with E-state index < -0.39 is 6.04 Å². The number of methoxy groups -OCH3 is 1. The van der Waals surface area contributed by atoms with Crippen LogP contribution in [0.2, 0.25) is 0 Å². The third-order valence-corrected chi connectivity index (χ3v) is 5.70. The lowest BCUT2D eigenvalue weighted by Crippen LogP contribution is -2.40. The van der Waals surface area contributed by atoms with Crippen LogP contribution in [0.25, 0.3) is 0 Å². The summed E-state index contributed by atoms with van der Waals surface area (Å²) in [6.07, 6.45) is 0.751. The molecule has 0 saturated carbocycles. The molecule has 0 spiro atoms. The Balaban J connectivity index is 1.55. The average molecular weight is 423 g/mol. The Bertz CT molecular complexity index is 1010. The van der Waals surface area contributed by atoms with Gasteiger partial charge in [-0.1, -0.05) is 54.2 Å². The highest BCUT2D eigenvalue weighted by Crippen LogP contribution is 2.37. The van der Waals surface area contributed by atoms with Gasteiger partial charge in [0.05, 0.1) is 11.4 Å².